The minimum absolute atomic E-state index is 0.541. The summed E-state index contributed by atoms with van der Waals surface area (Å²) in [4.78, 5) is 14.3. The van der Waals surface area contributed by atoms with Crippen molar-refractivity contribution in [2.45, 2.75) is 45.6 Å². The van der Waals surface area contributed by atoms with Gasteiger partial charge in [-0.25, -0.2) is 9.97 Å². The summed E-state index contributed by atoms with van der Waals surface area (Å²) in [6.07, 6.45) is 9.02. The maximum Gasteiger partial charge on any atom is 0.142 e. The normalized spacial score (nSPS) is 31.1. The van der Waals surface area contributed by atoms with Gasteiger partial charge in [-0.2, -0.15) is 0 Å². The zero-order valence-corrected chi connectivity index (χ0v) is 12.5. The molecule has 2 aliphatic rings. The standard InChI is InChI=1S/C16H22N4/c1-15(2)5-6-16(15)8-11(9-16)20(3)14-12-4-7-17-13(12)18-10-19-14/h4,7,10-11H,5-6,8-9H2,1-3H3,(H,17,18,19). The van der Waals surface area contributed by atoms with Crippen LogP contribution in [-0.4, -0.2) is 28.0 Å². The third kappa shape index (κ3) is 1.42. The number of aromatic nitrogens is 3. The Morgan fingerprint density at radius 3 is 2.70 bits per heavy atom. The third-order valence-corrected chi connectivity index (χ3v) is 6.13. The van der Waals surface area contributed by atoms with Gasteiger partial charge in [0, 0.05) is 19.3 Å². The van der Waals surface area contributed by atoms with E-state index in [1.54, 1.807) is 6.33 Å². The van der Waals surface area contributed by atoms with E-state index < -0.39 is 0 Å². The largest absolute Gasteiger partial charge is 0.356 e. The van der Waals surface area contributed by atoms with Gasteiger partial charge in [-0.1, -0.05) is 13.8 Å². The first-order chi connectivity index (χ1) is 9.52. The molecule has 2 aromatic heterocycles. The summed E-state index contributed by atoms with van der Waals surface area (Å²) in [6.45, 7) is 4.86. The molecule has 2 fully saturated rings. The monoisotopic (exact) mass is 270 g/mol. The van der Waals surface area contributed by atoms with Gasteiger partial charge in [-0.15, -0.1) is 0 Å². The van der Waals surface area contributed by atoms with Crippen LogP contribution < -0.4 is 4.90 Å². The highest BCUT2D eigenvalue weighted by Crippen LogP contribution is 2.67. The molecular weight excluding hydrogens is 248 g/mol. The molecule has 2 heterocycles. The summed E-state index contributed by atoms with van der Waals surface area (Å²) in [5.74, 6) is 1.06. The average molecular weight is 270 g/mol. The molecule has 1 N–H and O–H groups in total. The Morgan fingerprint density at radius 2 is 2.05 bits per heavy atom. The van der Waals surface area contributed by atoms with Crippen LogP contribution in [0.1, 0.15) is 39.5 Å². The maximum atomic E-state index is 4.50. The van der Waals surface area contributed by atoms with Crippen molar-refractivity contribution in [1.82, 2.24) is 15.0 Å². The van der Waals surface area contributed by atoms with E-state index in [1.807, 2.05) is 6.20 Å². The highest BCUT2D eigenvalue weighted by atomic mass is 15.2. The minimum Gasteiger partial charge on any atom is -0.356 e. The lowest BCUT2D eigenvalue weighted by atomic mass is 9.41. The molecular formula is C16H22N4. The predicted molar refractivity (Wildman–Crippen MR) is 80.8 cm³/mol. The van der Waals surface area contributed by atoms with Crippen molar-refractivity contribution in [2.24, 2.45) is 10.8 Å². The molecule has 0 radical (unpaired) electrons. The van der Waals surface area contributed by atoms with Crippen LogP contribution in [0.15, 0.2) is 18.6 Å². The van der Waals surface area contributed by atoms with Crippen molar-refractivity contribution in [3.8, 4) is 0 Å². The van der Waals surface area contributed by atoms with E-state index in [2.05, 4.69) is 46.8 Å². The number of hydrogen-bond acceptors (Lipinski definition) is 3. The van der Waals surface area contributed by atoms with Crippen LogP contribution in [0.4, 0.5) is 5.82 Å². The van der Waals surface area contributed by atoms with E-state index in [0.29, 0.717) is 16.9 Å². The van der Waals surface area contributed by atoms with E-state index in [9.17, 15) is 0 Å². The van der Waals surface area contributed by atoms with E-state index in [-0.39, 0.29) is 0 Å². The highest BCUT2D eigenvalue weighted by molar-refractivity contribution is 5.87. The number of nitrogens with one attached hydrogen (secondary N) is 1. The number of nitrogens with zero attached hydrogens (tertiary/aromatic N) is 3. The fourth-order valence-corrected chi connectivity index (χ4v) is 4.16. The molecule has 0 aliphatic heterocycles. The smallest absolute Gasteiger partial charge is 0.142 e. The molecule has 4 nitrogen and oxygen atoms in total. The molecule has 20 heavy (non-hydrogen) atoms. The molecule has 106 valence electrons. The molecule has 4 rings (SSSR count). The summed E-state index contributed by atoms with van der Waals surface area (Å²) in [5.41, 5.74) is 2.08. The zero-order chi connectivity index (χ0) is 14.0. The SMILES string of the molecule is CN(c1ncnc2[nH]ccc12)C1CC2(CCC2(C)C)C1. The number of aromatic amines is 1. The van der Waals surface area contributed by atoms with Crippen LogP contribution in [0.5, 0.6) is 0 Å². The van der Waals surface area contributed by atoms with Crippen LogP contribution in [0.3, 0.4) is 0 Å². The van der Waals surface area contributed by atoms with Gasteiger partial charge in [-0.05, 0) is 42.6 Å². The topological polar surface area (TPSA) is 44.8 Å². The second kappa shape index (κ2) is 3.74. The van der Waals surface area contributed by atoms with Crippen molar-refractivity contribution in [2.75, 3.05) is 11.9 Å². The van der Waals surface area contributed by atoms with Gasteiger partial charge >= 0.3 is 0 Å². The van der Waals surface area contributed by atoms with Crippen molar-refractivity contribution in [3.63, 3.8) is 0 Å². The van der Waals surface area contributed by atoms with E-state index >= 15 is 0 Å². The Morgan fingerprint density at radius 1 is 1.25 bits per heavy atom. The number of hydrogen-bond donors (Lipinski definition) is 1. The van der Waals surface area contributed by atoms with Crippen molar-refractivity contribution in [3.05, 3.63) is 18.6 Å². The first-order valence-corrected chi connectivity index (χ1v) is 7.53. The molecule has 2 aliphatic carbocycles. The lowest BCUT2D eigenvalue weighted by Crippen LogP contribution is -2.61. The molecule has 2 aromatic rings. The van der Waals surface area contributed by atoms with Gasteiger partial charge in [-0.3, -0.25) is 0 Å². The fourth-order valence-electron chi connectivity index (χ4n) is 4.16. The molecule has 0 aromatic carbocycles. The van der Waals surface area contributed by atoms with Gasteiger partial charge in [0.15, 0.2) is 0 Å². The summed E-state index contributed by atoms with van der Waals surface area (Å²) in [7, 11) is 2.18. The summed E-state index contributed by atoms with van der Waals surface area (Å²) in [5, 5.41) is 1.13. The van der Waals surface area contributed by atoms with Gasteiger partial charge in [0.1, 0.15) is 17.8 Å². The van der Waals surface area contributed by atoms with Crippen LogP contribution in [0.25, 0.3) is 11.0 Å². The molecule has 0 amide bonds. The number of anilines is 1. The summed E-state index contributed by atoms with van der Waals surface area (Å²) >= 11 is 0. The molecule has 2 saturated carbocycles. The maximum absolute atomic E-state index is 4.50. The number of fused-ring (bicyclic) bond motifs is 1. The quantitative estimate of drug-likeness (QED) is 0.910. The second-order valence-corrected chi connectivity index (χ2v) is 7.27. The van der Waals surface area contributed by atoms with Gasteiger partial charge in [0.05, 0.1) is 5.39 Å². The Labute approximate surface area is 119 Å². The van der Waals surface area contributed by atoms with E-state index in [4.69, 9.17) is 0 Å². The van der Waals surface area contributed by atoms with Crippen LogP contribution in [0.2, 0.25) is 0 Å². The Hall–Kier alpha value is -1.58. The summed E-state index contributed by atoms with van der Waals surface area (Å²) < 4.78 is 0. The number of rotatable bonds is 2. The first kappa shape index (κ1) is 12.2. The van der Waals surface area contributed by atoms with E-state index in [0.717, 1.165) is 16.9 Å². The average Bonchev–Trinajstić information content (AvgIpc) is 2.83. The highest BCUT2D eigenvalue weighted by Gasteiger charge is 2.60. The van der Waals surface area contributed by atoms with Crippen LogP contribution >= 0.6 is 0 Å². The second-order valence-electron chi connectivity index (χ2n) is 7.27. The molecule has 4 heteroatoms. The molecule has 0 saturated heterocycles. The van der Waals surface area contributed by atoms with Gasteiger partial charge in [0.25, 0.3) is 0 Å². The lowest BCUT2D eigenvalue weighted by Gasteiger charge is -2.66. The minimum atomic E-state index is 0.541. The Balaban J connectivity index is 1.58. The first-order valence-electron chi connectivity index (χ1n) is 7.53. The third-order valence-electron chi connectivity index (χ3n) is 6.13. The van der Waals surface area contributed by atoms with E-state index in [1.165, 1.54) is 25.7 Å². The van der Waals surface area contributed by atoms with Crippen molar-refractivity contribution >= 4 is 16.9 Å². The van der Waals surface area contributed by atoms with Gasteiger partial charge < -0.3 is 9.88 Å². The molecule has 1 spiro atoms. The van der Waals surface area contributed by atoms with Crippen LogP contribution in [-0.2, 0) is 0 Å². The summed E-state index contributed by atoms with van der Waals surface area (Å²) in [6, 6.07) is 2.70. The van der Waals surface area contributed by atoms with Crippen molar-refractivity contribution < 1.29 is 0 Å². The number of H-pyrrole nitrogens is 1. The molecule has 0 atom stereocenters. The van der Waals surface area contributed by atoms with Gasteiger partial charge in [0.2, 0.25) is 0 Å². The predicted octanol–water partition coefficient (Wildman–Crippen LogP) is 3.36. The lowest BCUT2D eigenvalue weighted by molar-refractivity contribution is -0.125. The molecule has 0 bridgehead atoms. The fraction of sp³-hybridized carbons (Fsp3) is 0.625. The Kier molecular flexibility index (Phi) is 2.28. The molecule has 0 unspecified atom stereocenters. The van der Waals surface area contributed by atoms with Crippen molar-refractivity contribution in [1.29, 1.82) is 0 Å². The Bertz CT molecular complexity index is 651. The zero-order valence-electron chi connectivity index (χ0n) is 12.5. The van der Waals surface area contributed by atoms with Crippen LogP contribution in [0, 0.1) is 10.8 Å².